The second-order valence-electron chi connectivity index (χ2n) is 4.36. The number of rotatable bonds is 4. The molecule has 1 aromatic heterocycles. The zero-order valence-corrected chi connectivity index (χ0v) is 11.5. The van der Waals surface area contributed by atoms with Gasteiger partial charge in [0.1, 0.15) is 11.6 Å². The first-order chi connectivity index (χ1) is 8.26. The molecule has 1 fully saturated rings. The average Bonchev–Trinajstić information content (AvgIpc) is 2.86. The highest BCUT2D eigenvalue weighted by Crippen LogP contribution is 2.26. The first-order valence-electron chi connectivity index (χ1n) is 6.12. The Kier molecular flexibility index (Phi) is 4.10. The normalized spacial score (nSPS) is 19.7. The highest BCUT2D eigenvalue weighted by Gasteiger charge is 2.22. The molecule has 2 heterocycles. The van der Waals surface area contributed by atoms with Crippen LogP contribution in [0.4, 0.5) is 11.6 Å². The molecule has 1 aliphatic heterocycles. The van der Waals surface area contributed by atoms with E-state index in [1.165, 1.54) is 12.8 Å². The SMILES string of the molecule is CCC1CCN(c2cc(NC)nc(SC)n2)C1. The van der Waals surface area contributed by atoms with Gasteiger partial charge in [0.15, 0.2) is 5.16 Å². The average molecular weight is 252 g/mol. The van der Waals surface area contributed by atoms with Crippen LogP contribution in [0.1, 0.15) is 19.8 Å². The van der Waals surface area contributed by atoms with Crippen LogP contribution >= 0.6 is 11.8 Å². The lowest BCUT2D eigenvalue weighted by Crippen LogP contribution is -2.21. The van der Waals surface area contributed by atoms with Crippen molar-refractivity contribution in [2.24, 2.45) is 5.92 Å². The number of hydrogen-bond acceptors (Lipinski definition) is 5. The van der Waals surface area contributed by atoms with Gasteiger partial charge in [-0.1, -0.05) is 25.1 Å². The predicted octanol–water partition coefficient (Wildman–Crippen LogP) is 2.48. The summed E-state index contributed by atoms with van der Waals surface area (Å²) >= 11 is 1.59. The minimum absolute atomic E-state index is 0.820. The Balaban J connectivity index is 2.20. The van der Waals surface area contributed by atoms with Crippen molar-refractivity contribution in [2.75, 3.05) is 36.6 Å². The summed E-state index contributed by atoms with van der Waals surface area (Å²) in [5.41, 5.74) is 0. The number of aromatic nitrogens is 2. The summed E-state index contributed by atoms with van der Waals surface area (Å²) in [4.78, 5) is 11.4. The van der Waals surface area contributed by atoms with E-state index in [1.807, 2.05) is 19.4 Å². The Morgan fingerprint density at radius 3 is 2.94 bits per heavy atom. The summed E-state index contributed by atoms with van der Waals surface area (Å²) < 4.78 is 0. The third-order valence-electron chi connectivity index (χ3n) is 3.32. The molecule has 1 saturated heterocycles. The summed E-state index contributed by atoms with van der Waals surface area (Å²) in [7, 11) is 1.90. The molecule has 0 radical (unpaired) electrons. The van der Waals surface area contributed by atoms with Crippen molar-refractivity contribution in [3.63, 3.8) is 0 Å². The van der Waals surface area contributed by atoms with Gasteiger partial charge in [0.25, 0.3) is 0 Å². The molecule has 0 aliphatic carbocycles. The van der Waals surface area contributed by atoms with Crippen molar-refractivity contribution in [3.05, 3.63) is 6.07 Å². The van der Waals surface area contributed by atoms with Crippen molar-refractivity contribution in [3.8, 4) is 0 Å². The van der Waals surface area contributed by atoms with E-state index >= 15 is 0 Å². The number of nitrogens with zero attached hydrogens (tertiary/aromatic N) is 3. The molecule has 0 spiro atoms. The molecule has 0 saturated carbocycles. The fraction of sp³-hybridized carbons (Fsp3) is 0.667. The zero-order chi connectivity index (χ0) is 12.3. The first-order valence-corrected chi connectivity index (χ1v) is 7.35. The molecule has 1 unspecified atom stereocenters. The standard InChI is InChI=1S/C12H20N4S/c1-4-9-5-6-16(8-9)11-7-10(13-2)14-12(15-11)17-3/h7,9H,4-6,8H2,1-3H3,(H,13,14,15). The molecule has 17 heavy (non-hydrogen) atoms. The van der Waals surface area contributed by atoms with Gasteiger partial charge in [-0.2, -0.15) is 0 Å². The summed E-state index contributed by atoms with van der Waals surface area (Å²) in [5.74, 6) is 2.78. The van der Waals surface area contributed by atoms with Crippen LogP contribution in [0.2, 0.25) is 0 Å². The van der Waals surface area contributed by atoms with Crippen molar-refractivity contribution in [1.29, 1.82) is 0 Å². The van der Waals surface area contributed by atoms with Gasteiger partial charge in [-0.25, -0.2) is 9.97 Å². The molecule has 1 aromatic rings. The molecule has 5 heteroatoms. The highest BCUT2D eigenvalue weighted by molar-refractivity contribution is 7.98. The fourth-order valence-electron chi connectivity index (χ4n) is 2.17. The van der Waals surface area contributed by atoms with Gasteiger partial charge in [-0.05, 0) is 18.6 Å². The van der Waals surface area contributed by atoms with E-state index in [9.17, 15) is 0 Å². The van der Waals surface area contributed by atoms with Crippen molar-refractivity contribution >= 4 is 23.4 Å². The largest absolute Gasteiger partial charge is 0.373 e. The molecule has 2 rings (SSSR count). The van der Waals surface area contributed by atoms with E-state index < -0.39 is 0 Å². The van der Waals surface area contributed by atoms with E-state index in [4.69, 9.17) is 0 Å². The lowest BCUT2D eigenvalue weighted by Gasteiger charge is -2.18. The summed E-state index contributed by atoms with van der Waals surface area (Å²) in [6.07, 6.45) is 4.55. The van der Waals surface area contributed by atoms with E-state index in [0.29, 0.717) is 0 Å². The molecule has 1 N–H and O–H groups in total. The van der Waals surface area contributed by atoms with Crippen molar-refractivity contribution in [2.45, 2.75) is 24.9 Å². The second-order valence-corrected chi connectivity index (χ2v) is 5.13. The summed E-state index contributed by atoms with van der Waals surface area (Å²) in [5, 5.41) is 3.94. The van der Waals surface area contributed by atoms with Gasteiger partial charge >= 0.3 is 0 Å². The Morgan fingerprint density at radius 1 is 1.53 bits per heavy atom. The Morgan fingerprint density at radius 2 is 2.35 bits per heavy atom. The zero-order valence-electron chi connectivity index (χ0n) is 10.7. The topological polar surface area (TPSA) is 41.0 Å². The van der Waals surface area contributed by atoms with Gasteiger partial charge in [-0.3, -0.25) is 0 Å². The highest BCUT2D eigenvalue weighted by atomic mass is 32.2. The van der Waals surface area contributed by atoms with Crippen LogP contribution in [0, 0.1) is 5.92 Å². The molecule has 1 atom stereocenters. The lowest BCUT2D eigenvalue weighted by molar-refractivity contribution is 0.568. The van der Waals surface area contributed by atoms with E-state index in [2.05, 4.69) is 27.1 Å². The quantitative estimate of drug-likeness (QED) is 0.658. The van der Waals surface area contributed by atoms with Crippen LogP contribution in [-0.2, 0) is 0 Å². The molecular weight excluding hydrogens is 232 g/mol. The van der Waals surface area contributed by atoms with Gasteiger partial charge in [0, 0.05) is 26.2 Å². The monoisotopic (exact) mass is 252 g/mol. The van der Waals surface area contributed by atoms with Crippen molar-refractivity contribution < 1.29 is 0 Å². The third-order valence-corrected chi connectivity index (χ3v) is 3.87. The number of nitrogens with one attached hydrogen (secondary N) is 1. The van der Waals surface area contributed by atoms with Crippen LogP contribution in [-0.4, -0.2) is 36.4 Å². The smallest absolute Gasteiger partial charge is 0.191 e. The Labute approximate surface area is 107 Å². The van der Waals surface area contributed by atoms with Crippen LogP contribution in [0.5, 0.6) is 0 Å². The molecule has 0 amide bonds. The number of anilines is 2. The van der Waals surface area contributed by atoms with Gasteiger partial charge in [0.05, 0.1) is 0 Å². The maximum atomic E-state index is 4.59. The minimum Gasteiger partial charge on any atom is -0.373 e. The van der Waals surface area contributed by atoms with Gasteiger partial charge < -0.3 is 10.2 Å². The maximum absolute atomic E-state index is 4.59. The van der Waals surface area contributed by atoms with Crippen LogP contribution < -0.4 is 10.2 Å². The number of hydrogen-bond donors (Lipinski definition) is 1. The van der Waals surface area contributed by atoms with Crippen LogP contribution in [0.25, 0.3) is 0 Å². The Hall–Kier alpha value is -0.970. The fourth-order valence-corrected chi connectivity index (χ4v) is 2.54. The molecule has 94 valence electrons. The van der Waals surface area contributed by atoms with E-state index in [0.717, 1.165) is 35.8 Å². The molecule has 0 bridgehead atoms. The van der Waals surface area contributed by atoms with E-state index in [-0.39, 0.29) is 0 Å². The summed E-state index contributed by atoms with van der Waals surface area (Å²) in [6, 6.07) is 2.04. The predicted molar refractivity (Wildman–Crippen MR) is 74.0 cm³/mol. The first kappa shape index (κ1) is 12.5. The van der Waals surface area contributed by atoms with Crippen molar-refractivity contribution in [1.82, 2.24) is 9.97 Å². The number of thioether (sulfide) groups is 1. The lowest BCUT2D eigenvalue weighted by atomic mass is 10.1. The molecule has 1 aliphatic rings. The summed E-state index contributed by atoms with van der Waals surface area (Å²) in [6.45, 7) is 4.51. The van der Waals surface area contributed by atoms with Gasteiger partial charge in [0.2, 0.25) is 0 Å². The molecule has 4 nitrogen and oxygen atoms in total. The maximum Gasteiger partial charge on any atom is 0.191 e. The van der Waals surface area contributed by atoms with Gasteiger partial charge in [-0.15, -0.1) is 0 Å². The second kappa shape index (κ2) is 5.58. The Bertz CT molecular complexity index is 361. The minimum atomic E-state index is 0.820. The molecular formula is C12H20N4S. The van der Waals surface area contributed by atoms with E-state index in [1.54, 1.807) is 11.8 Å². The third kappa shape index (κ3) is 2.83. The van der Waals surface area contributed by atoms with Crippen LogP contribution in [0.3, 0.4) is 0 Å². The molecule has 0 aromatic carbocycles. The van der Waals surface area contributed by atoms with Crippen LogP contribution in [0.15, 0.2) is 11.2 Å².